The molecule has 0 saturated carbocycles. The molecular weight excluding hydrogens is 258 g/mol. The average Bonchev–Trinajstić information content (AvgIpc) is 2.44. The second kappa shape index (κ2) is 6.47. The number of aryl methyl sites for hydroxylation is 1. The molecule has 20 heavy (non-hydrogen) atoms. The van der Waals surface area contributed by atoms with Gasteiger partial charge < -0.3 is 11.1 Å². The van der Waals surface area contributed by atoms with Gasteiger partial charge in [-0.2, -0.15) is 0 Å². The number of nitro benzene ring substituents is 1. The number of benzene rings is 1. The molecule has 6 nitrogen and oxygen atoms in total. The molecule has 0 aliphatic carbocycles. The number of nitrogens with two attached hydrogens (primary N) is 1. The summed E-state index contributed by atoms with van der Waals surface area (Å²) in [5.41, 5.74) is 6.70. The zero-order valence-corrected chi connectivity index (χ0v) is 12.1. The molecule has 0 spiro atoms. The van der Waals surface area contributed by atoms with E-state index in [2.05, 4.69) is 5.32 Å². The van der Waals surface area contributed by atoms with Gasteiger partial charge in [0, 0.05) is 29.8 Å². The Kier molecular flexibility index (Phi) is 5.21. The molecule has 0 bridgehead atoms. The van der Waals surface area contributed by atoms with Crippen molar-refractivity contribution >= 4 is 11.6 Å². The lowest BCUT2D eigenvalue weighted by molar-refractivity contribution is -0.384. The van der Waals surface area contributed by atoms with Crippen molar-refractivity contribution in [1.29, 1.82) is 0 Å². The van der Waals surface area contributed by atoms with Crippen molar-refractivity contribution < 1.29 is 9.72 Å². The smallest absolute Gasteiger partial charge is 0.269 e. The van der Waals surface area contributed by atoms with Gasteiger partial charge in [0.15, 0.2) is 0 Å². The number of hydrogen-bond acceptors (Lipinski definition) is 4. The van der Waals surface area contributed by atoms with E-state index in [1.807, 2.05) is 13.8 Å². The molecule has 0 aliphatic rings. The van der Waals surface area contributed by atoms with Crippen LogP contribution in [0.15, 0.2) is 18.2 Å². The standard InChI is InChI=1S/C14H21N3O3/c1-4-14(15,5-2)9-16-13(18)12-7-6-11(17(19)20)8-10(12)3/h6-8H,4-5,9,15H2,1-3H3,(H,16,18). The van der Waals surface area contributed by atoms with E-state index in [0.717, 1.165) is 12.8 Å². The minimum absolute atomic E-state index is 0.0191. The molecule has 0 saturated heterocycles. The number of nitrogens with zero attached hydrogens (tertiary/aromatic N) is 1. The quantitative estimate of drug-likeness (QED) is 0.615. The van der Waals surface area contributed by atoms with Crippen LogP contribution < -0.4 is 11.1 Å². The predicted octanol–water partition coefficient (Wildman–Crippen LogP) is 2.15. The monoisotopic (exact) mass is 279 g/mol. The van der Waals surface area contributed by atoms with Crippen LogP contribution in [0.5, 0.6) is 0 Å². The molecule has 110 valence electrons. The Morgan fingerprint density at radius 3 is 2.45 bits per heavy atom. The zero-order valence-electron chi connectivity index (χ0n) is 12.1. The van der Waals surface area contributed by atoms with Crippen LogP contribution in [0.25, 0.3) is 0 Å². The Morgan fingerprint density at radius 2 is 2.00 bits per heavy atom. The first-order valence-corrected chi connectivity index (χ1v) is 6.65. The van der Waals surface area contributed by atoms with E-state index in [4.69, 9.17) is 5.73 Å². The molecule has 1 aromatic rings. The van der Waals surface area contributed by atoms with Crippen LogP contribution in [0, 0.1) is 17.0 Å². The van der Waals surface area contributed by atoms with E-state index < -0.39 is 10.5 Å². The number of nitrogens with one attached hydrogen (secondary N) is 1. The van der Waals surface area contributed by atoms with E-state index in [0.29, 0.717) is 17.7 Å². The van der Waals surface area contributed by atoms with E-state index in [1.165, 1.54) is 18.2 Å². The molecule has 1 aromatic carbocycles. The molecule has 0 aliphatic heterocycles. The van der Waals surface area contributed by atoms with Crippen molar-refractivity contribution in [2.24, 2.45) is 5.73 Å². The van der Waals surface area contributed by atoms with Crippen molar-refractivity contribution in [2.45, 2.75) is 39.2 Å². The van der Waals surface area contributed by atoms with Crippen molar-refractivity contribution in [1.82, 2.24) is 5.32 Å². The summed E-state index contributed by atoms with van der Waals surface area (Å²) in [4.78, 5) is 22.3. The first-order valence-electron chi connectivity index (χ1n) is 6.65. The normalized spacial score (nSPS) is 11.2. The molecule has 3 N–H and O–H groups in total. The third kappa shape index (κ3) is 3.77. The van der Waals surface area contributed by atoms with Gasteiger partial charge in [0.05, 0.1) is 4.92 Å². The highest BCUT2D eigenvalue weighted by Gasteiger charge is 2.22. The van der Waals surface area contributed by atoms with Gasteiger partial charge in [-0.25, -0.2) is 0 Å². The number of rotatable bonds is 6. The Hall–Kier alpha value is -1.95. The summed E-state index contributed by atoms with van der Waals surface area (Å²) in [5, 5.41) is 13.5. The minimum Gasteiger partial charge on any atom is -0.350 e. The van der Waals surface area contributed by atoms with Gasteiger partial charge in [0.25, 0.3) is 11.6 Å². The summed E-state index contributed by atoms with van der Waals surface area (Å²) in [6.45, 7) is 6.02. The summed E-state index contributed by atoms with van der Waals surface area (Å²) in [6.07, 6.45) is 1.53. The van der Waals surface area contributed by atoms with Gasteiger partial charge in [-0.3, -0.25) is 14.9 Å². The van der Waals surface area contributed by atoms with E-state index in [-0.39, 0.29) is 11.6 Å². The molecule has 0 radical (unpaired) electrons. The maximum absolute atomic E-state index is 12.1. The van der Waals surface area contributed by atoms with Gasteiger partial charge in [-0.15, -0.1) is 0 Å². The maximum atomic E-state index is 12.1. The van der Waals surface area contributed by atoms with Crippen molar-refractivity contribution in [3.8, 4) is 0 Å². The summed E-state index contributed by atoms with van der Waals surface area (Å²) in [6, 6.07) is 4.19. The Balaban J connectivity index is 2.81. The molecule has 0 atom stereocenters. The summed E-state index contributed by atoms with van der Waals surface area (Å²) >= 11 is 0. The molecule has 0 aromatic heterocycles. The van der Waals surface area contributed by atoms with Crippen LogP contribution in [-0.4, -0.2) is 22.9 Å². The highest BCUT2D eigenvalue weighted by Crippen LogP contribution is 2.17. The van der Waals surface area contributed by atoms with Gasteiger partial charge in [0.2, 0.25) is 0 Å². The fourth-order valence-electron chi connectivity index (χ4n) is 1.87. The predicted molar refractivity (Wildman–Crippen MR) is 77.7 cm³/mol. The number of nitro groups is 1. The summed E-state index contributed by atoms with van der Waals surface area (Å²) in [7, 11) is 0. The second-order valence-electron chi connectivity index (χ2n) is 5.01. The van der Waals surface area contributed by atoms with Crippen molar-refractivity contribution in [2.75, 3.05) is 6.54 Å². The average molecular weight is 279 g/mol. The largest absolute Gasteiger partial charge is 0.350 e. The van der Waals surface area contributed by atoms with Crippen LogP contribution >= 0.6 is 0 Å². The summed E-state index contributed by atoms with van der Waals surface area (Å²) < 4.78 is 0. The first-order chi connectivity index (χ1) is 9.33. The molecular formula is C14H21N3O3. The van der Waals surface area contributed by atoms with Crippen LogP contribution in [0.1, 0.15) is 42.6 Å². The molecule has 1 rings (SSSR count). The van der Waals surface area contributed by atoms with Gasteiger partial charge in [-0.05, 0) is 31.4 Å². The van der Waals surface area contributed by atoms with Crippen LogP contribution in [0.2, 0.25) is 0 Å². The van der Waals surface area contributed by atoms with Gasteiger partial charge in [-0.1, -0.05) is 13.8 Å². The SMILES string of the molecule is CCC(N)(CC)CNC(=O)c1ccc([N+](=O)[O-])cc1C. The van der Waals surface area contributed by atoms with Crippen molar-refractivity contribution in [3.05, 3.63) is 39.4 Å². The Labute approximate surface area is 118 Å². The Bertz CT molecular complexity index is 510. The fourth-order valence-corrected chi connectivity index (χ4v) is 1.87. The zero-order chi connectivity index (χ0) is 15.3. The minimum atomic E-state index is -0.478. The molecule has 0 fully saturated rings. The van der Waals surface area contributed by atoms with Gasteiger partial charge >= 0.3 is 0 Å². The molecule has 1 amide bonds. The second-order valence-corrected chi connectivity index (χ2v) is 5.01. The third-order valence-electron chi connectivity index (χ3n) is 3.67. The lowest BCUT2D eigenvalue weighted by Crippen LogP contribution is -2.49. The van der Waals surface area contributed by atoms with Gasteiger partial charge in [0.1, 0.15) is 0 Å². The van der Waals surface area contributed by atoms with Crippen molar-refractivity contribution in [3.63, 3.8) is 0 Å². The lowest BCUT2D eigenvalue weighted by Gasteiger charge is -2.26. The topological polar surface area (TPSA) is 98.3 Å². The van der Waals surface area contributed by atoms with Crippen LogP contribution in [-0.2, 0) is 0 Å². The van der Waals surface area contributed by atoms with E-state index in [9.17, 15) is 14.9 Å². The highest BCUT2D eigenvalue weighted by molar-refractivity contribution is 5.95. The maximum Gasteiger partial charge on any atom is 0.269 e. The van der Waals surface area contributed by atoms with Crippen LogP contribution in [0.4, 0.5) is 5.69 Å². The van der Waals surface area contributed by atoms with E-state index in [1.54, 1.807) is 6.92 Å². The summed E-state index contributed by atoms with van der Waals surface area (Å²) in [5.74, 6) is -0.255. The number of non-ortho nitro benzene ring substituents is 1. The number of amides is 1. The first kappa shape index (κ1) is 16.1. The molecule has 0 unspecified atom stereocenters. The lowest BCUT2D eigenvalue weighted by atomic mass is 9.94. The fraction of sp³-hybridized carbons (Fsp3) is 0.500. The number of carbonyl (C=O) groups excluding carboxylic acids is 1. The Morgan fingerprint density at radius 1 is 1.40 bits per heavy atom. The third-order valence-corrected chi connectivity index (χ3v) is 3.67. The van der Waals surface area contributed by atoms with E-state index >= 15 is 0 Å². The number of hydrogen-bond donors (Lipinski definition) is 2. The highest BCUT2D eigenvalue weighted by atomic mass is 16.6. The molecule has 6 heteroatoms. The molecule has 0 heterocycles. The number of carbonyl (C=O) groups is 1. The van der Waals surface area contributed by atoms with Crippen LogP contribution in [0.3, 0.4) is 0 Å².